The normalized spacial score (nSPS) is 18.4. The first-order chi connectivity index (χ1) is 13.5. The number of imidazole rings is 1. The fourth-order valence-electron chi connectivity index (χ4n) is 4.76. The zero-order valence-corrected chi connectivity index (χ0v) is 16.9. The average molecular weight is 384 g/mol. The second-order valence-electron chi connectivity index (χ2n) is 7.66. The van der Waals surface area contributed by atoms with Crippen molar-refractivity contribution in [3.63, 3.8) is 0 Å². The van der Waals surface area contributed by atoms with Crippen LogP contribution in [0, 0.1) is 6.92 Å². The molecule has 0 aliphatic carbocycles. The van der Waals surface area contributed by atoms with E-state index in [1.54, 1.807) is 12.5 Å². The van der Waals surface area contributed by atoms with E-state index in [4.69, 9.17) is 0 Å². The van der Waals surface area contributed by atoms with Gasteiger partial charge in [0, 0.05) is 50.4 Å². The summed E-state index contributed by atoms with van der Waals surface area (Å²) in [6.45, 7) is 8.53. The molecule has 2 amide bonds. The Balaban J connectivity index is 1.58. The molecule has 4 heterocycles. The second kappa shape index (κ2) is 7.07. The number of nitrogens with zero attached hydrogens (tertiary/aromatic N) is 5. The summed E-state index contributed by atoms with van der Waals surface area (Å²) in [7, 11) is 0. The van der Waals surface area contributed by atoms with Crippen LogP contribution in [0.25, 0.3) is 0 Å². The van der Waals surface area contributed by atoms with Gasteiger partial charge in [0.1, 0.15) is 0 Å². The quantitative estimate of drug-likeness (QED) is 0.875. The highest BCUT2D eigenvalue weighted by Crippen LogP contribution is 2.42. The fraction of sp³-hybridized carbons (Fsp3) is 0.600. The summed E-state index contributed by atoms with van der Waals surface area (Å²) in [5, 5.41) is 4.30. The molecular weight excluding hydrogens is 356 g/mol. The van der Waals surface area contributed by atoms with Crippen LogP contribution < -0.4 is 0 Å². The number of fused-ring (bicyclic) bond motifs is 2. The Bertz CT molecular complexity index is 890. The maximum absolute atomic E-state index is 13.1. The van der Waals surface area contributed by atoms with Gasteiger partial charge in [-0.2, -0.15) is 5.10 Å². The van der Waals surface area contributed by atoms with E-state index in [1.165, 1.54) is 0 Å². The van der Waals surface area contributed by atoms with Crippen molar-refractivity contribution >= 4 is 11.8 Å². The fourth-order valence-corrected chi connectivity index (χ4v) is 4.76. The first-order valence-corrected chi connectivity index (χ1v) is 10.2. The van der Waals surface area contributed by atoms with E-state index >= 15 is 0 Å². The number of carbonyl (C=O) groups is 2. The molecular formula is C20H28N6O2. The molecule has 1 spiro atoms. The summed E-state index contributed by atoms with van der Waals surface area (Å²) in [4.78, 5) is 37.5. The van der Waals surface area contributed by atoms with Crippen LogP contribution in [-0.4, -0.2) is 61.0 Å². The van der Waals surface area contributed by atoms with Crippen molar-refractivity contribution in [3.8, 4) is 0 Å². The first-order valence-electron chi connectivity index (χ1n) is 10.2. The van der Waals surface area contributed by atoms with Gasteiger partial charge in [-0.25, -0.2) is 4.98 Å². The van der Waals surface area contributed by atoms with Crippen molar-refractivity contribution in [2.45, 2.75) is 58.5 Å². The monoisotopic (exact) mass is 384 g/mol. The third kappa shape index (κ3) is 2.73. The number of nitrogens with one attached hydrogen (secondary N) is 1. The van der Waals surface area contributed by atoms with Gasteiger partial charge in [0.25, 0.3) is 5.91 Å². The van der Waals surface area contributed by atoms with E-state index in [9.17, 15) is 9.59 Å². The zero-order chi connectivity index (χ0) is 19.9. The number of aryl methyl sites for hydroxylation is 1. The molecule has 1 N–H and O–H groups in total. The van der Waals surface area contributed by atoms with E-state index < -0.39 is 5.54 Å². The summed E-state index contributed by atoms with van der Waals surface area (Å²) >= 11 is 0. The number of aromatic amines is 1. The van der Waals surface area contributed by atoms with Gasteiger partial charge in [0.05, 0.1) is 29.3 Å². The minimum atomic E-state index is -0.403. The number of piperidine rings is 1. The highest BCUT2D eigenvalue weighted by molar-refractivity contribution is 5.95. The predicted octanol–water partition coefficient (Wildman–Crippen LogP) is 1.86. The van der Waals surface area contributed by atoms with Crippen molar-refractivity contribution in [1.29, 1.82) is 0 Å². The van der Waals surface area contributed by atoms with Crippen LogP contribution in [0.3, 0.4) is 0 Å². The number of aromatic nitrogens is 4. The molecule has 0 aromatic carbocycles. The Kier molecular flexibility index (Phi) is 4.72. The second-order valence-corrected chi connectivity index (χ2v) is 7.66. The van der Waals surface area contributed by atoms with Crippen LogP contribution in [0.4, 0.5) is 0 Å². The highest BCUT2D eigenvalue weighted by atomic mass is 16.2. The predicted molar refractivity (Wildman–Crippen MR) is 104 cm³/mol. The molecule has 1 fully saturated rings. The molecule has 2 aliphatic heterocycles. The molecule has 150 valence electrons. The maximum Gasteiger partial charge on any atom is 0.257 e. The lowest BCUT2D eigenvalue weighted by molar-refractivity contribution is -0.141. The largest absolute Gasteiger partial charge is 0.348 e. The summed E-state index contributed by atoms with van der Waals surface area (Å²) in [6, 6.07) is 0. The molecule has 4 rings (SSSR count). The van der Waals surface area contributed by atoms with Gasteiger partial charge >= 0.3 is 0 Å². The van der Waals surface area contributed by atoms with E-state index in [0.29, 0.717) is 44.5 Å². The third-order valence-electron chi connectivity index (χ3n) is 6.38. The van der Waals surface area contributed by atoms with Gasteiger partial charge in [-0.05, 0) is 26.7 Å². The minimum absolute atomic E-state index is 0.0264. The maximum atomic E-state index is 13.1. The number of amides is 2. The van der Waals surface area contributed by atoms with Gasteiger partial charge in [0.15, 0.2) is 0 Å². The standard InChI is InChI=1S/C20H28N6O2/c1-4-17(27)25-9-6-16-18(22-13-21-16)20(25)7-10-24(11-8-20)19(28)15-12-23-26(5-2)14(15)3/h12-13H,4-11H2,1-3H3,(H,21,22). The van der Waals surface area contributed by atoms with E-state index in [-0.39, 0.29) is 11.8 Å². The Morgan fingerprint density at radius 1 is 1.21 bits per heavy atom. The van der Waals surface area contributed by atoms with Crippen LogP contribution in [0.2, 0.25) is 0 Å². The molecule has 8 heteroatoms. The molecule has 0 atom stereocenters. The molecule has 28 heavy (non-hydrogen) atoms. The van der Waals surface area contributed by atoms with Crippen molar-refractivity contribution in [2.24, 2.45) is 0 Å². The van der Waals surface area contributed by atoms with Crippen LogP contribution in [-0.2, 0) is 23.3 Å². The Morgan fingerprint density at radius 2 is 1.96 bits per heavy atom. The molecule has 2 aromatic rings. The number of carbonyl (C=O) groups excluding carboxylic acids is 2. The Morgan fingerprint density at radius 3 is 2.61 bits per heavy atom. The van der Waals surface area contributed by atoms with Gasteiger partial charge in [-0.15, -0.1) is 0 Å². The van der Waals surface area contributed by atoms with E-state index in [1.807, 2.05) is 35.3 Å². The lowest BCUT2D eigenvalue weighted by atomic mass is 9.78. The van der Waals surface area contributed by atoms with Crippen molar-refractivity contribution in [1.82, 2.24) is 29.5 Å². The van der Waals surface area contributed by atoms with Crippen molar-refractivity contribution in [3.05, 3.63) is 35.2 Å². The third-order valence-corrected chi connectivity index (χ3v) is 6.38. The van der Waals surface area contributed by atoms with Crippen LogP contribution >= 0.6 is 0 Å². The van der Waals surface area contributed by atoms with Crippen LogP contribution in [0.5, 0.6) is 0 Å². The Labute approximate surface area is 164 Å². The SMILES string of the molecule is CCC(=O)N1CCc2[nH]cnc2C12CCN(C(=O)c1cnn(CC)c1C)CC2. The van der Waals surface area contributed by atoms with E-state index in [0.717, 1.165) is 30.0 Å². The van der Waals surface area contributed by atoms with Crippen molar-refractivity contribution < 1.29 is 9.59 Å². The van der Waals surface area contributed by atoms with Gasteiger partial charge in [-0.1, -0.05) is 6.92 Å². The zero-order valence-electron chi connectivity index (χ0n) is 16.9. The average Bonchev–Trinajstić information content (AvgIpc) is 3.35. The molecule has 0 unspecified atom stereocenters. The molecule has 1 saturated heterocycles. The van der Waals surface area contributed by atoms with Crippen LogP contribution in [0.1, 0.15) is 60.5 Å². The minimum Gasteiger partial charge on any atom is -0.348 e. The van der Waals surface area contributed by atoms with E-state index in [2.05, 4.69) is 15.1 Å². The summed E-state index contributed by atoms with van der Waals surface area (Å²) < 4.78 is 1.84. The number of H-pyrrole nitrogens is 1. The Hall–Kier alpha value is -2.64. The number of rotatable bonds is 3. The number of hydrogen-bond donors (Lipinski definition) is 1. The smallest absolute Gasteiger partial charge is 0.257 e. The molecule has 2 aromatic heterocycles. The topological polar surface area (TPSA) is 87.1 Å². The summed E-state index contributed by atoms with van der Waals surface area (Å²) in [5.41, 5.74) is 3.29. The van der Waals surface area contributed by atoms with Crippen LogP contribution in [0.15, 0.2) is 12.5 Å². The van der Waals surface area contributed by atoms with Gasteiger partial charge in [-0.3, -0.25) is 14.3 Å². The lowest BCUT2D eigenvalue weighted by Crippen LogP contribution is -2.58. The summed E-state index contributed by atoms with van der Waals surface area (Å²) in [6.07, 6.45) is 6.12. The van der Waals surface area contributed by atoms with Gasteiger partial charge < -0.3 is 14.8 Å². The molecule has 2 aliphatic rings. The molecule has 0 saturated carbocycles. The molecule has 0 bridgehead atoms. The first kappa shape index (κ1) is 18.7. The van der Waals surface area contributed by atoms with Crippen molar-refractivity contribution in [2.75, 3.05) is 19.6 Å². The highest BCUT2D eigenvalue weighted by Gasteiger charge is 2.48. The van der Waals surface area contributed by atoms with Gasteiger partial charge in [0.2, 0.25) is 5.91 Å². The lowest BCUT2D eigenvalue weighted by Gasteiger charge is -2.50. The molecule has 0 radical (unpaired) electrons. The number of hydrogen-bond acceptors (Lipinski definition) is 4. The summed E-state index contributed by atoms with van der Waals surface area (Å²) in [5.74, 6) is 0.187. The molecule has 8 nitrogen and oxygen atoms in total. The number of likely N-dealkylation sites (tertiary alicyclic amines) is 1.